The largest absolute Gasteiger partial charge is 0.335 e. The lowest BCUT2D eigenvalue weighted by Gasteiger charge is -2.23. The first-order valence-electron chi connectivity index (χ1n) is 6.93. The van der Waals surface area contributed by atoms with Crippen LogP contribution < -0.4 is 5.32 Å². The topological polar surface area (TPSA) is 45.2 Å². The van der Waals surface area contributed by atoms with Gasteiger partial charge in [0.2, 0.25) is 0 Å². The molecule has 0 saturated carbocycles. The molecule has 1 aliphatic rings. The van der Waals surface area contributed by atoms with Crippen molar-refractivity contribution >= 4 is 5.91 Å². The Morgan fingerprint density at radius 1 is 1.47 bits per heavy atom. The van der Waals surface area contributed by atoms with Gasteiger partial charge < -0.3 is 10.2 Å². The van der Waals surface area contributed by atoms with Crippen molar-refractivity contribution in [3.8, 4) is 0 Å². The Balaban J connectivity index is 2.21. The molecule has 4 nitrogen and oxygen atoms in total. The van der Waals surface area contributed by atoms with Gasteiger partial charge in [0.15, 0.2) is 0 Å². The Morgan fingerprint density at radius 3 is 2.84 bits per heavy atom. The number of aryl methyl sites for hydroxylation is 1. The van der Waals surface area contributed by atoms with Crippen LogP contribution >= 0.6 is 0 Å². The number of fused-ring (bicyclic) bond motifs is 1. The Labute approximate surface area is 115 Å². The molecule has 1 aromatic heterocycles. The quantitative estimate of drug-likeness (QED) is 0.881. The maximum atomic E-state index is 12.3. The number of aromatic nitrogens is 1. The molecule has 1 aromatic rings. The fourth-order valence-corrected chi connectivity index (χ4v) is 2.38. The minimum atomic E-state index is 0.0660. The third-order valence-electron chi connectivity index (χ3n) is 4.02. The molecule has 4 heteroatoms. The second kappa shape index (κ2) is 5.29. The lowest BCUT2D eigenvalue weighted by Crippen LogP contribution is -2.36. The highest BCUT2D eigenvalue weighted by atomic mass is 16.2. The van der Waals surface area contributed by atoms with Gasteiger partial charge in [-0.15, -0.1) is 0 Å². The molecule has 0 unspecified atom stereocenters. The summed E-state index contributed by atoms with van der Waals surface area (Å²) in [5.74, 6) is 0.142. The molecule has 2 rings (SSSR count). The summed E-state index contributed by atoms with van der Waals surface area (Å²) in [5.41, 5.74) is 2.98. The van der Waals surface area contributed by atoms with E-state index in [1.807, 2.05) is 31.1 Å². The molecule has 0 fully saturated rings. The van der Waals surface area contributed by atoms with Crippen molar-refractivity contribution in [1.82, 2.24) is 15.2 Å². The SMILES string of the molecule is CCN1Cc2ccnc(CCC(C)(C)NC)c2C1=O. The van der Waals surface area contributed by atoms with Crippen LogP contribution in [0.4, 0.5) is 0 Å². The average Bonchev–Trinajstić information content (AvgIpc) is 2.74. The highest BCUT2D eigenvalue weighted by molar-refractivity contribution is 5.99. The molecular formula is C15H23N3O. The molecule has 1 aliphatic heterocycles. The van der Waals surface area contributed by atoms with Crippen LogP contribution in [0.25, 0.3) is 0 Å². The number of hydrogen-bond donors (Lipinski definition) is 1. The predicted molar refractivity (Wildman–Crippen MR) is 76.1 cm³/mol. The van der Waals surface area contributed by atoms with Gasteiger partial charge in [0.1, 0.15) is 0 Å². The van der Waals surface area contributed by atoms with Gasteiger partial charge in [-0.25, -0.2) is 0 Å². The first kappa shape index (κ1) is 14.0. The number of rotatable bonds is 5. The molecule has 0 spiro atoms. The smallest absolute Gasteiger partial charge is 0.256 e. The van der Waals surface area contributed by atoms with E-state index in [9.17, 15) is 4.79 Å². The maximum Gasteiger partial charge on any atom is 0.256 e. The molecule has 104 valence electrons. The van der Waals surface area contributed by atoms with Crippen molar-refractivity contribution in [2.24, 2.45) is 0 Å². The van der Waals surface area contributed by atoms with Crippen molar-refractivity contribution < 1.29 is 4.79 Å². The summed E-state index contributed by atoms with van der Waals surface area (Å²) >= 11 is 0. The van der Waals surface area contributed by atoms with Gasteiger partial charge in [0.25, 0.3) is 5.91 Å². The van der Waals surface area contributed by atoms with E-state index in [1.54, 1.807) is 0 Å². The maximum absolute atomic E-state index is 12.3. The van der Waals surface area contributed by atoms with Gasteiger partial charge >= 0.3 is 0 Å². The summed E-state index contributed by atoms with van der Waals surface area (Å²) in [4.78, 5) is 18.6. The highest BCUT2D eigenvalue weighted by Crippen LogP contribution is 2.26. The molecule has 0 atom stereocenters. The van der Waals surface area contributed by atoms with Crippen LogP contribution in [0.5, 0.6) is 0 Å². The number of nitrogens with zero attached hydrogens (tertiary/aromatic N) is 2. The van der Waals surface area contributed by atoms with Crippen LogP contribution in [0.15, 0.2) is 12.3 Å². The molecular weight excluding hydrogens is 238 g/mol. The number of nitrogens with one attached hydrogen (secondary N) is 1. The first-order chi connectivity index (χ1) is 8.98. The third kappa shape index (κ3) is 2.78. The van der Waals surface area contributed by atoms with Crippen LogP contribution in [0.1, 0.15) is 48.8 Å². The van der Waals surface area contributed by atoms with E-state index in [0.717, 1.165) is 42.8 Å². The Morgan fingerprint density at radius 2 is 2.21 bits per heavy atom. The zero-order valence-corrected chi connectivity index (χ0v) is 12.3. The van der Waals surface area contributed by atoms with Crippen LogP contribution in [-0.2, 0) is 13.0 Å². The number of pyridine rings is 1. The Kier molecular flexibility index (Phi) is 3.90. The van der Waals surface area contributed by atoms with Crippen molar-refractivity contribution in [3.05, 3.63) is 29.1 Å². The summed E-state index contributed by atoms with van der Waals surface area (Å²) in [6, 6.07) is 1.97. The van der Waals surface area contributed by atoms with E-state index >= 15 is 0 Å². The Bertz CT molecular complexity index is 482. The van der Waals surface area contributed by atoms with E-state index in [1.165, 1.54) is 0 Å². The monoisotopic (exact) mass is 261 g/mol. The Hall–Kier alpha value is -1.42. The summed E-state index contributed by atoms with van der Waals surface area (Å²) in [7, 11) is 1.97. The fraction of sp³-hybridized carbons (Fsp3) is 0.600. The van der Waals surface area contributed by atoms with Crippen LogP contribution in [0.3, 0.4) is 0 Å². The molecule has 0 aliphatic carbocycles. The predicted octanol–water partition coefficient (Wildman–Crippen LogP) is 1.99. The summed E-state index contributed by atoms with van der Waals surface area (Å²) in [5, 5.41) is 3.29. The average molecular weight is 261 g/mol. The van der Waals surface area contributed by atoms with Crippen molar-refractivity contribution in [1.29, 1.82) is 0 Å². The summed E-state index contributed by atoms with van der Waals surface area (Å²) in [6.45, 7) is 7.83. The normalized spacial score (nSPS) is 14.9. The molecule has 1 amide bonds. The van der Waals surface area contributed by atoms with Gasteiger partial charge in [0, 0.05) is 24.8 Å². The zero-order chi connectivity index (χ0) is 14.0. The van der Waals surface area contributed by atoms with Crippen molar-refractivity contribution in [2.75, 3.05) is 13.6 Å². The van der Waals surface area contributed by atoms with E-state index in [2.05, 4.69) is 24.1 Å². The molecule has 1 N–H and O–H groups in total. The van der Waals surface area contributed by atoms with Crippen LogP contribution in [0, 0.1) is 0 Å². The van der Waals surface area contributed by atoms with Gasteiger partial charge in [-0.3, -0.25) is 9.78 Å². The second-order valence-corrected chi connectivity index (χ2v) is 5.74. The number of carbonyl (C=O) groups excluding carboxylic acids is 1. The number of hydrogen-bond acceptors (Lipinski definition) is 3. The van der Waals surface area contributed by atoms with E-state index in [-0.39, 0.29) is 11.4 Å². The van der Waals surface area contributed by atoms with Crippen LogP contribution in [0.2, 0.25) is 0 Å². The minimum absolute atomic E-state index is 0.0660. The zero-order valence-electron chi connectivity index (χ0n) is 12.3. The summed E-state index contributed by atoms with van der Waals surface area (Å²) < 4.78 is 0. The minimum Gasteiger partial charge on any atom is -0.335 e. The second-order valence-electron chi connectivity index (χ2n) is 5.74. The van der Waals surface area contributed by atoms with E-state index in [0.29, 0.717) is 0 Å². The summed E-state index contributed by atoms with van der Waals surface area (Å²) in [6.07, 6.45) is 3.62. The molecule has 0 radical (unpaired) electrons. The molecule has 0 aromatic carbocycles. The fourth-order valence-electron chi connectivity index (χ4n) is 2.38. The lowest BCUT2D eigenvalue weighted by atomic mass is 9.95. The van der Waals surface area contributed by atoms with Gasteiger partial charge in [-0.2, -0.15) is 0 Å². The van der Waals surface area contributed by atoms with Gasteiger partial charge in [-0.1, -0.05) is 0 Å². The van der Waals surface area contributed by atoms with E-state index < -0.39 is 0 Å². The molecule has 19 heavy (non-hydrogen) atoms. The number of carbonyl (C=O) groups is 1. The molecule has 0 bridgehead atoms. The van der Waals surface area contributed by atoms with Crippen molar-refractivity contribution in [3.63, 3.8) is 0 Å². The van der Waals surface area contributed by atoms with Crippen molar-refractivity contribution in [2.45, 2.75) is 45.7 Å². The van der Waals surface area contributed by atoms with E-state index in [4.69, 9.17) is 0 Å². The number of amides is 1. The molecule has 0 saturated heterocycles. The molecule has 2 heterocycles. The lowest BCUT2D eigenvalue weighted by molar-refractivity contribution is 0.0786. The van der Waals surface area contributed by atoms with Crippen LogP contribution in [-0.4, -0.2) is 34.9 Å². The van der Waals surface area contributed by atoms with Gasteiger partial charge in [0.05, 0.1) is 11.3 Å². The highest BCUT2D eigenvalue weighted by Gasteiger charge is 2.29. The first-order valence-corrected chi connectivity index (χ1v) is 6.93. The standard InChI is InChI=1S/C15H23N3O/c1-5-18-10-11-7-9-17-12(13(11)14(18)19)6-8-15(2,3)16-4/h7,9,16H,5-6,8,10H2,1-4H3. The third-order valence-corrected chi connectivity index (χ3v) is 4.02. The van der Waals surface area contributed by atoms with Gasteiger partial charge in [-0.05, 0) is 52.3 Å².